The molecule has 0 aliphatic carbocycles. The quantitative estimate of drug-likeness (QED) is 0.762. The van der Waals surface area contributed by atoms with Gasteiger partial charge in [-0.2, -0.15) is 0 Å². The molecular weight excluding hydrogens is 337 g/mol. The van der Waals surface area contributed by atoms with Crippen LogP contribution in [0.1, 0.15) is 32.3 Å². The number of halogens is 1. The van der Waals surface area contributed by atoms with E-state index in [-0.39, 0.29) is 6.61 Å². The van der Waals surface area contributed by atoms with Crippen molar-refractivity contribution >= 4 is 17.6 Å². The zero-order valence-corrected chi connectivity index (χ0v) is 15.0. The van der Waals surface area contributed by atoms with E-state index in [2.05, 4.69) is 19.2 Å². The van der Waals surface area contributed by atoms with Gasteiger partial charge in [-0.05, 0) is 54.8 Å². The van der Waals surface area contributed by atoms with Gasteiger partial charge in [0.05, 0.1) is 0 Å². The first-order chi connectivity index (χ1) is 12.3. The second-order valence-electron chi connectivity index (χ2n) is 6.14. The fraction of sp³-hybridized carbons (Fsp3) is 0.300. The molecule has 2 rings (SSSR count). The van der Waals surface area contributed by atoms with E-state index < -0.39 is 23.8 Å². The summed E-state index contributed by atoms with van der Waals surface area (Å²) in [5, 5.41) is 2.54. The van der Waals surface area contributed by atoms with Crippen molar-refractivity contribution in [3.05, 3.63) is 59.9 Å². The van der Waals surface area contributed by atoms with Gasteiger partial charge in [0.15, 0.2) is 12.7 Å². The first kappa shape index (κ1) is 19.4. The summed E-state index contributed by atoms with van der Waals surface area (Å²) in [6.07, 6.45) is -1.00. The molecule has 26 heavy (non-hydrogen) atoms. The Morgan fingerprint density at radius 1 is 1.00 bits per heavy atom. The maximum Gasteiger partial charge on any atom is 0.344 e. The highest BCUT2D eigenvalue weighted by Gasteiger charge is 2.18. The number of esters is 1. The van der Waals surface area contributed by atoms with Crippen LogP contribution < -0.4 is 10.1 Å². The molecule has 1 atom stereocenters. The van der Waals surface area contributed by atoms with E-state index in [4.69, 9.17) is 9.47 Å². The number of rotatable bonds is 7. The highest BCUT2D eigenvalue weighted by atomic mass is 19.1. The summed E-state index contributed by atoms with van der Waals surface area (Å²) in [6, 6.07) is 12.7. The molecule has 0 fully saturated rings. The Kier molecular flexibility index (Phi) is 6.72. The van der Waals surface area contributed by atoms with Crippen molar-refractivity contribution < 1.29 is 23.5 Å². The van der Waals surface area contributed by atoms with Crippen molar-refractivity contribution in [3.63, 3.8) is 0 Å². The van der Waals surface area contributed by atoms with Gasteiger partial charge in [0.1, 0.15) is 11.6 Å². The number of carbonyl (C=O) groups is 2. The largest absolute Gasteiger partial charge is 0.482 e. The summed E-state index contributed by atoms with van der Waals surface area (Å²) in [5.74, 6) is -0.601. The van der Waals surface area contributed by atoms with Crippen molar-refractivity contribution in [2.24, 2.45) is 0 Å². The van der Waals surface area contributed by atoms with Crippen LogP contribution in [0.2, 0.25) is 0 Å². The van der Waals surface area contributed by atoms with Crippen LogP contribution in [0, 0.1) is 5.82 Å². The van der Waals surface area contributed by atoms with E-state index in [9.17, 15) is 14.0 Å². The number of ether oxygens (including phenoxy) is 2. The van der Waals surface area contributed by atoms with Crippen LogP contribution in [0.3, 0.4) is 0 Å². The number of hydrogen-bond donors (Lipinski definition) is 1. The van der Waals surface area contributed by atoms with Crippen molar-refractivity contribution in [1.29, 1.82) is 0 Å². The van der Waals surface area contributed by atoms with Gasteiger partial charge in [-0.25, -0.2) is 9.18 Å². The highest BCUT2D eigenvalue weighted by molar-refractivity contribution is 5.95. The summed E-state index contributed by atoms with van der Waals surface area (Å²) in [6.45, 7) is 5.33. The summed E-state index contributed by atoms with van der Waals surface area (Å²) < 4.78 is 23.3. The summed E-state index contributed by atoms with van der Waals surface area (Å²) in [5.41, 5.74) is 1.59. The molecule has 0 aliphatic heterocycles. The molecule has 0 saturated carbocycles. The van der Waals surface area contributed by atoms with Crippen LogP contribution in [-0.4, -0.2) is 24.6 Å². The van der Waals surface area contributed by atoms with Crippen LogP contribution in [0.4, 0.5) is 10.1 Å². The Morgan fingerprint density at radius 2 is 1.62 bits per heavy atom. The minimum atomic E-state index is -1.00. The fourth-order valence-electron chi connectivity index (χ4n) is 2.15. The molecule has 5 nitrogen and oxygen atoms in total. The molecule has 0 saturated heterocycles. The van der Waals surface area contributed by atoms with E-state index in [1.165, 1.54) is 36.8 Å². The van der Waals surface area contributed by atoms with Crippen LogP contribution in [-0.2, 0) is 14.3 Å². The Balaban J connectivity index is 1.78. The van der Waals surface area contributed by atoms with E-state index in [1.807, 2.05) is 12.1 Å². The van der Waals surface area contributed by atoms with Crippen molar-refractivity contribution in [2.75, 3.05) is 11.9 Å². The predicted octanol–water partition coefficient (Wildman–Crippen LogP) is 3.90. The van der Waals surface area contributed by atoms with Crippen molar-refractivity contribution in [3.8, 4) is 5.75 Å². The van der Waals surface area contributed by atoms with Gasteiger partial charge < -0.3 is 14.8 Å². The third-order valence-corrected chi connectivity index (χ3v) is 3.69. The predicted molar refractivity (Wildman–Crippen MR) is 96.6 cm³/mol. The molecule has 0 bridgehead atoms. The first-order valence-electron chi connectivity index (χ1n) is 8.34. The summed E-state index contributed by atoms with van der Waals surface area (Å²) in [7, 11) is 0. The summed E-state index contributed by atoms with van der Waals surface area (Å²) in [4.78, 5) is 23.8. The molecule has 0 aliphatic rings. The molecule has 0 spiro atoms. The van der Waals surface area contributed by atoms with Gasteiger partial charge in [0.2, 0.25) is 0 Å². The minimum absolute atomic E-state index is 0.296. The van der Waals surface area contributed by atoms with E-state index >= 15 is 0 Å². The van der Waals surface area contributed by atoms with Crippen molar-refractivity contribution in [2.45, 2.75) is 32.8 Å². The number of benzene rings is 2. The average Bonchev–Trinajstić information content (AvgIpc) is 2.62. The smallest absolute Gasteiger partial charge is 0.344 e. The van der Waals surface area contributed by atoms with Gasteiger partial charge in [0, 0.05) is 5.69 Å². The van der Waals surface area contributed by atoms with E-state index in [0.717, 1.165) is 0 Å². The van der Waals surface area contributed by atoms with Crippen LogP contribution in [0.25, 0.3) is 0 Å². The summed E-state index contributed by atoms with van der Waals surface area (Å²) >= 11 is 0. The Morgan fingerprint density at radius 3 is 2.19 bits per heavy atom. The second kappa shape index (κ2) is 8.99. The SMILES string of the molecule is CC(C)c1ccc(OCC(=O)O[C@H](C)C(=O)Nc2ccc(F)cc2)cc1. The Bertz CT molecular complexity index is 741. The molecule has 1 amide bonds. The molecule has 6 heteroatoms. The molecule has 1 N–H and O–H groups in total. The standard InChI is InChI=1S/C20H22FNO4/c1-13(2)15-4-10-18(11-5-15)25-12-19(23)26-14(3)20(24)22-17-8-6-16(21)7-9-17/h4-11,13-14H,12H2,1-3H3,(H,22,24)/t14-/m1/s1. The van der Waals surface area contributed by atoms with Gasteiger partial charge >= 0.3 is 5.97 Å². The number of nitrogens with one attached hydrogen (secondary N) is 1. The lowest BCUT2D eigenvalue weighted by Crippen LogP contribution is -2.31. The molecule has 0 unspecified atom stereocenters. The van der Waals surface area contributed by atoms with Crippen LogP contribution in [0.15, 0.2) is 48.5 Å². The Labute approximate surface area is 152 Å². The lowest BCUT2D eigenvalue weighted by atomic mass is 10.0. The second-order valence-corrected chi connectivity index (χ2v) is 6.14. The van der Waals surface area contributed by atoms with Gasteiger partial charge in [-0.1, -0.05) is 26.0 Å². The normalized spacial score (nSPS) is 11.7. The molecule has 0 radical (unpaired) electrons. The molecule has 138 valence electrons. The topological polar surface area (TPSA) is 64.6 Å². The van der Waals surface area contributed by atoms with Crippen LogP contribution >= 0.6 is 0 Å². The van der Waals surface area contributed by atoms with Gasteiger partial charge in [0.25, 0.3) is 5.91 Å². The van der Waals surface area contributed by atoms with E-state index in [1.54, 1.807) is 12.1 Å². The molecule has 0 heterocycles. The molecule has 0 aromatic heterocycles. The Hall–Kier alpha value is -2.89. The van der Waals surface area contributed by atoms with Crippen LogP contribution in [0.5, 0.6) is 5.75 Å². The number of anilines is 1. The maximum absolute atomic E-state index is 12.8. The van der Waals surface area contributed by atoms with E-state index in [0.29, 0.717) is 17.4 Å². The maximum atomic E-state index is 12.8. The first-order valence-corrected chi connectivity index (χ1v) is 8.34. The number of amides is 1. The lowest BCUT2D eigenvalue weighted by Gasteiger charge is -2.14. The third kappa shape index (κ3) is 5.88. The number of carbonyl (C=O) groups excluding carboxylic acids is 2. The zero-order valence-electron chi connectivity index (χ0n) is 15.0. The number of hydrogen-bond acceptors (Lipinski definition) is 4. The molecule has 2 aromatic rings. The van der Waals surface area contributed by atoms with Gasteiger partial charge in [-0.3, -0.25) is 4.79 Å². The van der Waals surface area contributed by atoms with Gasteiger partial charge in [-0.15, -0.1) is 0 Å². The average molecular weight is 359 g/mol. The lowest BCUT2D eigenvalue weighted by molar-refractivity contribution is -0.155. The highest BCUT2D eigenvalue weighted by Crippen LogP contribution is 2.18. The molecular formula is C20H22FNO4. The molecule has 2 aromatic carbocycles. The fourth-order valence-corrected chi connectivity index (χ4v) is 2.15. The minimum Gasteiger partial charge on any atom is -0.482 e. The third-order valence-electron chi connectivity index (χ3n) is 3.69. The monoisotopic (exact) mass is 359 g/mol. The zero-order chi connectivity index (χ0) is 19.1. The van der Waals surface area contributed by atoms with Crippen molar-refractivity contribution in [1.82, 2.24) is 0 Å².